The molecule has 1 fully saturated rings. The largest absolute Gasteiger partial charge is 0.356 e. The van der Waals surface area contributed by atoms with Crippen LogP contribution in [0.3, 0.4) is 0 Å². The Kier molecular flexibility index (Phi) is 5.27. The fraction of sp³-hybridized carbons (Fsp3) is 0.263. The molecule has 3 rings (SSSR count). The second kappa shape index (κ2) is 7.45. The van der Waals surface area contributed by atoms with E-state index < -0.39 is 17.5 Å². The average Bonchev–Trinajstić information content (AvgIpc) is 2.64. The quantitative estimate of drug-likeness (QED) is 0.848. The number of carbonyl (C=O) groups is 1. The van der Waals surface area contributed by atoms with Crippen LogP contribution in [0.25, 0.3) is 0 Å². The molecule has 1 heterocycles. The Morgan fingerprint density at radius 2 is 2.04 bits per heavy atom. The molecule has 0 aromatic heterocycles. The number of amides is 1. The molecule has 26 heavy (non-hydrogen) atoms. The van der Waals surface area contributed by atoms with Gasteiger partial charge in [0.1, 0.15) is 0 Å². The highest BCUT2D eigenvalue weighted by molar-refractivity contribution is 8.13. The van der Waals surface area contributed by atoms with Crippen molar-refractivity contribution in [2.45, 2.75) is 18.9 Å². The number of nitrogens with one attached hydrogen (secondary N) is 2. The summed E-state index contributed by atoms with van der Waals surface area (Å²) < 4.78 is 26.4. The highest BCUT2D eigenvalue weighted by Crippen LogP contribution is 2.32. The van der Waals surface area contributed by atoms with Crippen molar-refractivity contribution in [2.75, 3.05) is 18.1 Å². The maximum absolute atomic E-state index is 13.3. The maximum Gasteiger partial charge on any atom is 0.255 e. The SMILES string of the molecule is CN=C1NC(C)(c2cccc(NC(=O)c3ccc(F)c(F)c3)c2)CCS1. The monoisotopic (exact) mass is 375 g/mol. The second-order valence-electron chi connectivity index (χ2n) is 6.25. The molecule has 1 aliphatic heterocycles. The molecule has 0 spiro atoms. The van der Waals surface area contributed by atoms with Crippen LogP contribution in [-0.4, -0.2) is 23.9 Å². The van der Waals surface area contributed by atoms with E-state index in [4.69, 9.17) is 0 Å². The van der Waals surface area contributed by atoms with Crippen molar-refractivity contribution in [3.63, 3.8) is 0 Å². The molecule has 1 unspecified atom stereocenters. The van der Waals surface area contributed by atoms with Gasteiger partial charge in [0.05, 0.1) is 5.54 Å². The number of carbonyl (C=O) groups excluding carboxylic acids is 1. The van der Waals surface area contributed by atoms with Gasteiger partial charge < -0.3 is 10.6 Å². The lowest BCUT2D eigenvalue weighted by Gasteiger charge is -2.36. The maximum atomic E-state index is 13.3. The minimum Gasteiger partial charge on any atom is -0.356 e. The normalized spacial score (nSPS) is 21.3. The number of rotatable bonds is 3. The third kappa shape index (κ3) is 3.88. The molecular formula is C19H19F2N3OS. The third-order valence-corrected chi connectivity index (χ3v) is 5.33. The highest BCUT2D eigenvalue weighted by atomic mass is 32.2. The van der Waals surface area contributed by atoms with Gasteiger partial charge in [0.15, 0.2) is 16.8 Å². The van der Waals surface area contributed by atoms with Crippen molar-refractivity contribution in [1.82, 2.24) is 5.32 Å². The van der Waals surface area contributed by atoms with Gasteiger partial charge >= 0.3 is 0 Å². The first-order chi connectivity index (χ1) is 12.4. The smallest absolute Gasteiger partial charge is 0.255 e. The third-order valence-electron chi connectivity index (χ3n) is 4.37. The molecule has 0 radical (unpaired) electrons. The van der Waals surface area contributed by atoms with Gasteiger partial charge in [-0.1, -0.05) is 23.9 Å². The summed E-state index contributed by atoms with van der Waals surface area (Å²) in [5, 5.41) is 7.05. The van der Waals surface area contributed by atoms with Gasteiger partial charge in [-0.25, -0.2) is 8.78 Å². The molecule has 4 nitrogen and oxygen atoms in total. The average molecular weight is 375 g/mol. The molecule has 0 saturated carbocycles. The van der Waals surface area contributed by atoms with Gasteiger partial charge in [0, 0.05) is 24.1 Å². The summed E-state index contributed by atoms with van der Waals surface area (Å²) in [5.41, 5.74) is 1.38. The fourth-order valence-corrected chi connectivity index (χ4v) is 3.93. The van der Waals surface area contributed by atoms with Gasteiger partial charge in [0.25, 0.3) is 5.91 Å². The van der Waals surface area contributed by atoms with E-state index in [0.717, 1.165) is 35.0 Å². The van der Waals surface area contributed by atoms with Crippen molar-refractivity contribution >= 4 is 28.5 Å². The van der Waals surface area contributed by atoms with Crippen LogP contribution in [0.1, 0.15) is 29.3 Å². The Balaban J connectivity index is 1.81. The van der Waals surface area contributed by atoms with Crippen LogP contribution < -0.4 is 10.6 Å². The Morgan fingerprint density at radius 1 is 1.23 bits per heavy atom. The van der Waals surface area contributed by atoms with E-state index in [1.54, 1.807) is 24.9 Å². The molecule has 136 valence electrons. The first-order valence-corrected chi connectivity index (χ1v) is 9.14. The van der Waals surface area contributed by atoms with E-state index in [9.17, 15) is 13.6 Å². The van der Waals surface area contributed by atoms with Gasteiger partial charge in [0.2, 0.25) is 0 Å². The van der Waals surface area contributed by atoms with Crippen LogP contribution in [0, 0.1) is 11.6 Å². The Labute approximate surface area is 155 Å². The standard InChI is InChI=1S/C19H19F2N3OS/c1-19(8-9-26-18(22-2)24-19)13-4-3-5-14(11-13)23-17(25)12-6-7-15(20)16(21)10-12/h3-7,10-11H,8-9H2,1-2H3,(H,22,24)(H,23,25). The fourth-order valence-electron chi connectivity index (χ4n) is 2.80. The van der Waals surface area contributed by atoms with Gasteiger partial charge in [-0.15, -0.1) is 0 Å². The Morgan fingerprint density at radius 3 is 2.77 bits per heavy atom. The summed E-state index contributed by atoms with van der Waals surface area (Å²) in [7, 11) is 1.75. The van der Waals surface area contributed by atoms with E-state index in [1.165, 1.54) is 6.07 Å². The van der Waals surface area contributed by atoms with E-state index in [2.05, 4.69) is 22.5 Å². The molecular weight excluding hydrogens is 356 g/mol. The van der Waals surface area contributed by atoms with Crippen molar-refractivity contribution in [2.24, 2.45) is 4.99 Å². The first kappa shape index (κ1) is 18.4. The summed E-state index contributed by atoms with van der Waals surface area (Å²) in [5.74, 6) is -1.57. The Bertz CT molecular complexity index is 872. The van der Waals surface area contributed by atoms with Gasteiger partial charge in [-0.05, 0) is 49.2 Å². The number of anilines is 1. The lowest BCUT2D eigenvalue weighted by Crippen LogP contribution is -2.46. The molecule has 0 bridgehead atoms. The molecule has 1 aliphatic rings. The number of aliphatic imine (C=N–C) groups is 1. The molecule has 2 aromatic rings. The summed E-state index contributed by atoms with van der Waals surface area (Å²) in [6, 6.07) is 10.6. The number of hydrogen-bond acceptors (Lipinski definition) is 3. The van der Waals surface area contributed by atoms with E-state index in [1.807, 2.05) is 18.2 Å². The number of thioether (sulfide) groups is 1. The molecule has 1 atom stereocenters. The zero-order valence-corrected chi connectivity index (χ0v) is 15.3. The summed E-state index contributed by atoms with van der Waals surface area (Å²) in [4.78, 5) is 16.5. The number of nitrogens with zero attached hydrogens (tertiary/aromatic N) is 1. The van der Waals surface area contributed by atoms with E-state index in [-0.39, 0.29) is 11.1 Å². The molecule has 2 aromatic carbocycles. The zero-order chi connectivity index (χ0) is 18.7. The van der Waals surface area contributed by atoms with Crippen LogP contribution >= 0.6 is 11.8 Å². The number of halogens is 2. The predicted octanol–water partition coefficient (Wildman–Crippen LogP) is 4.14. The molecule has 1 amide bonds. The summed E-state index contributed by atoms with van der Waals surface area (Å²) >= 11 is 1.68. The zero-order valence-electron chi connectivity index (χ0n) is 14.5. The van der Waals surface area contributed by atoms with Gasteiger partial charge in [-0.2, -0.15) is 0 Å². The summed E-state index contributed by atoms with van der Waals surface area (Å²) in [6.07, 6.45) is 0.914. The number of amidine groups is 1. The first-order valence-electron chi connectivity index (χ1n) is 8.16. The van der Waals surface area contributed by atoms with Crippen LogP contribution in [0.15, 0.2) is 47.5 Å². The molecule has 2 N–H and O–H groups in total. The molecule has 1 saturated heterocycles. The van der Waals surface area contributed by atoms with Crippen LogP contribution in [0.5, 0.6) is 0 Å². The van der Waals surface area contributed by atoms with Crippen molar-refractivity contribution in [1.29, 1.82) is 0 Å². The minimum absolute atomic E-state index is 0.0631. The van der Waals surface area contributed by atoms with Gasteiger partial charge in [-0.3, -0.25) is 9.79 Å². The van der Waals surface area contributed by atoms with Crippen molar-refractivity contribution < 1.29 is 13.6 Å². The number of benzene rings is 2. The minimum atomic E-state index is -1.05. The molecule has 0 aliphatic carbocycles. The van der Waals surface area contributed by atoms with Crippen molar-refractivity contribution in [3.05, 3.63) is 65.2 Å². The summed E-state index contributed by atoms with van der Waals surface area (Å²) in [6.45, 7) is 2.09. The lowest BCUT2D eigenvalue weighted by atomic mass is 9.89. The Hall–Kier alpha value is -2.41. The lowest BCUT2D eigenvalue weighted by molar-refractivity contribution is 0.102. The van der Waals surface area contributed by atoms with E-state index >= 15 is 0 Å². The van der Waals surface area contributed by atoms with Crippen LogP contribution in [-0.2, 0) is 5.54 Å². The highest BCUT2D eigenvalue weighted by Gasteiger charge is 2.31. The van der Waals surface area contributed by atoms with Crippen molar-refractivity contribution in [3.8, 4) is 0 Å². The topological polar surface area (TPSA) is 53.5 Å². The molecule has 7 heteroatoms. The van der Waals surface area contributed by atoms with Crippen LogP contribution in [0.2, 0.25) is 0 Å². The predicted molar refractivity (Wildman–Crippen MR) is 102 cm³/mol. The van der Waals surface area contributed by atoms with Crippen LogP contribution in [0.4, 0.5) is 14.5 Å². The number of hydrogen-bond donors (Lipinski definition) is 2. The van der Waals surface area contributed by atoms with E-state index in [0.29, 0.717) is 5.69 Å². The second-order valence-corrected chi connectivity index (χ2v) is 7.33.